The average molecular weight is 254 g/mol. The van der Waals surface area contributed by atoms with Crippen molar-refractivity contribution in [2.75, 3.05) is 0 Å². The van der Waals surface area contributed by atoms with Crippen LogP contribution in [-0.2, 0) is 6.18 Å². The van der Waals surface area contributed by atoms with Gasteiger partial charge in [-0.25, -0.2) is 4.68 Å². The number of Topliss-reactive ketones (excluding diaryl/α,β-unsaturated/α-hetero) is 1. The molecule has 1 aromatic heterocycles. The molecule has 0 N–H and O–H groups in total. The normalized spacial score (nSPS) is 11.6. The number of ketones is 1. The fraction of sp³-hybridized carbons (Fsp3) is 0.167. The lowest BCUT2D eigenvalue weighted by molar-refractivity contribution is -0.137. The van der Waals surface area contributed by atoms with Crippen LogP contribution in [0.2, 0.25) is 0 Å². The summed E-state index contributed by atoms with van der Waals surface area (Å²) in [5.41, 5.74) is -0.858. The van der Waals surface area contributed by atoms with Gasteiger partial charge in [0.1, 0.15) is 5.69 Å². The van der Waals surface area contributed by atoms with Crippen molar-refractivity contribution in [3.8, 4) is 5.69 Å². The van der Waals surface area contributed by atoms with Gasteiger partial charge in [0.05, 0.1) is 17.4 Å². The van der Waals surface area contributed by atoms with Gasteiger partial charge in [0.2, 0.25) is 0 Å². The lowest BCUT2D eigenvalue weighted by Crippen LogP contribution is -2.14. The molecule has 3 nitrogen and oxygen atoms in total. The topological polar surface area (TPSA) is 34.9 Å². The Morgan fingerprint density at radius 1 is 1.22 bits per heavy atom. The van der Waals surface area contributed by atoms with E-state index in [1.54, 1.807) is 0 Å². The van der Waals surface area contributed by atoms with Crippen LogP contribution >= 0.6 is 0 Å². The number of hydrogen-bond acceptors (Lipinski definition) is 2. The molecule has 0 aliphatic rings. The second-order valence-corrected chi connectivity index (χ2v) is 3.70. The van der Waals surface area contributed by atoms with E-state index in [0.717, 1.165) is 10.7 Å². The number of carbonyl (C=O) groups excluding carboxylic acids is 1. The summed E-state index contributed by atoms with van der Waals surface area (Å²) in [6, 6.07) is 6.39. The Hall–Kier alpha value is -2.11. The van der Waals surface area contributed by atoms with Crippen LogP contribution in [0.5, 0.6) is 0 Å². The highest BCUT2D eigenvalue weighted by Crippen LogP contribution is 2.33. The number of alkyl halides is 3. The number of para-hydroxylation sites is 1. The van der Waals surface area contributed by atoms with E-state index in [9.17, 15) is 18.0 Å². The highest BCUT2D eigenvalue weighted by atomic mass is 19.4. The molecule has 0 aliphatic heterocycles. The molecule has 94 valence electrons. The van der Waals surface area contributed by atoms with E-state index in [1.807, 2.05) is 0 Å². The zero-order chi connectivity index (χ0) is 13.3. The Morgan fingerprint density at radius 2 is 1.89 bits per heavy atom. The molecule has 0 fully saturated rings. The molecule has 0 saturated carbocycles. The summed E-state index contributed by atoms with van der Waals surface area (Å²) in [7, 11) is 0. The van der Waals surface area contributed by atoms with Gasteiger partial charge in [-0.3, -0.25) is 4.79 Å². The molecule has 1 aromatic carbocycles. The maximum Gasteiger partial charge on any atom is 0.418 e. The number of benzene rings is 1. The van der Waals surface area contributed by atoms with Gasteiger partial charge in [-0.05, 0) is 18.2 Å². The Kier molecular flexibility index (Phi) is 2.94. The van der Waals surface area contributed by atoms with E-state index in [4.69, 9.17) is 0 Å². The number of halogens is 3. The molecule has 0 spiro atoms. The van der Waals surface area contributed by atoms with Crippen LogP contribution in [0, 0.1) is 0 Å². The van der Waals surface area contributed by atoms with Crippen molar-refractivity contribution in [3.05, 3.63) is 47.8 Å². The van der Waals surface area contributed by atoms with E-state index in [2.05, 4.69) is 5.10 Å². The molecule has 6 heteroatoms. The number of nitrogens with zero attached hydrogens (tertiary/aromatic N) is 2. The van der Waals surface area contributed by atoms with Crippen molar-refractivity contribution in [1.82, 2.24) is 9.78 Å². The molecule has 0 amide bonds. The maximum absolute atomic E-state index is 12.8. The Morgan fingerprint density at radius 3 is 2.50 bits per heavy atom. The average Bonchev–Trinajstić information content (AvgIpc) is 2.76. The highest BCUT2D eigenvalue weighted by molar-refractivity contribution is 5.92. The predicted molar refractivity (Wildman–Crippen MR) is 58.6 cm³/mol. The smallest absolute Gasteiger partial charge is 0.293 e. The lowest BCUT2D eigenvalue weighted by Gasteiger charge is -2.13. The lowest BCUT2D eigenvalue weighted by atomic mass is 10.1. The van der Waals surface area contributed by atoms with Crippen molar-refractivity contribution in [2.24, 2.45) is 0 Å². The standard InChI is InChI=1S/C12H9F3N2O/c1-8(18)10-6-7-16-17(10)11-5-3-2-4-9(11)12(13,14)15/h2-7H,1H3. The Balaban J connectivity index is 2.65. The molecule has 0 aliphatic carbocycles. The van der Waals surface area contributed by atoms with Crippen LogP contribution in [0.1, 0.15) is 23.0 Å². The zero-order valence-corrected chi connectivity index (χ0v) is 9.40. The first-order valence-corrected chi connectivity index (χ1v) is 5.13. The van der Waals surface area contributed by atoms with Crippen molar-refractivity contribution >= 4 is 5.78 Å². The molecule has 1 heterocycles. The van der Waals surface area contributed by atoms with Crippen molar-refractivity contribution in [1.29, 1.82) is 0 Å². The summed E-state index contributed by atoms with van der Waals surface area (Å²) >= 11 is 0. The van der Waals surface area contributed by atoms with Crippen LogP contribution in [-0.4, -0.2) is 15.6 Å². The largest absolute Gasteiger partial charge is 0.418 e. The van der Waals surface area contributed by atoms with Crippen LogP contribution in [0.15, 0.2) is 36.5 Å². The Bertz CT molecular complexity index is 587. The molecule has 0 unspecified atom stereocenters. The summed E-state index contributed by atoms with van der Waals surface area (Å²) in [5, 5.41) is 3.78. The minimum absolute atomic E-state index is 0.117. The molecule has 0 radical (unpaired) electrons. The second-order valence-electron chi connectivity index (χ2n) is 3.70. The maximum atomic E-state index is 12.8. The SMILES string of the molecule is CC(=O)c1ccnn1-c1ccccc1C(F)(F)F. The minimum Gasteiger partial charge on any atom is -0.293 e. The summed E-state index contributed by atoms with van der Waals surface area (Å²) < 4.78 is 39.5. The van der Waals surface area contributed by atoms with E-state index >= 15 is 0 Å². The first-order valence-electron chi connectivity index (χ1n) is 5.13. The first-order chi connectivity index (χ1) is 8.41. The van der Waals surface area contributed by atoms with Crippen LogP contribution in [0.3, 0.4) is 0 Å². The van der Waals surface area contributed by atoms with Gasteiger partial charge in [0.25, 0.3) is 0 Å². The van der Waals surface area contributed by atoms with Crippen LogP contribution in [0.25, 0.3) is 5.69 Å². The zero-order valence-electron chi connectivity index (χ0n) is 9.40. The summed E-state index contributed by atoms with van der Waals surface area (Å²) in [5.74, 6) is -0.343. The number of carbonyl (C=O) groups is 1. The van der Waals surface area contributed by atoms with Gasteiger partial charge in [0, 0.05) is 6.92 Å². The van der Waals surface area contributed by atoms with E-state index < -0.39 is 11.7 Å². The fourth-order valence-corrected chi connectivity index (χ4v) is 1.66. The first kappa shape index (κ1) is 12.3. The van der Waals surface area contributed by atoms with Crippen molar-refractivity contribution in [2.45, 2.75) is 13.1 Å². The number of hydrogen-bond donors (Lipinski definition) is 0. The summed E-state index contributed by atoms with van der Waals surface area (Å²) in [6.07, 6.45) is -3.19. The molecular weight excluding hydrogens is 245 g/mol. The molecule has 2 rings (SSSR count). The van der Waals surface area contributed by atoms with E-state index in [0.29, 0.717) is 0 Å². The molecule has 0 bridgehead atoms. The Labute approximate surface area is 101 Å². The van der Waals surface area contributed by atoms with Gasteiger partial charge >= 0.3 is 6.18 Å². The van der Waals surface area contributed by atoms with Gasteiger partial charge in [-0.1, -0.05) is 12.1 Å². The number of aromatic nitrogens is 2. The third-order valence-electron chi connectivity index (χ3n) is 2.44. The van der Waals surface area contributed by atoms with Crippen LogP contribution < -0.4 is 0 Å². The van der Waals surface area contributed by atoms with Gasteiger partial charge in [-0.15, -0.1) is 0 Å². The van der Waals surface area contributed by atoms with Crippen molar-refractivity contribution < 1.29 is 18.0 Å². The third kappa shape index (κ3) is 2.13. The summed E-state index contributed by atoms with van der Waals surface area (Å²) in [6.45, 7) is 1.28. The summed E-state index contributed by atoms with van der Waals surface area (Å²) in [4.78, 5) is 11.3. The van der Waals surface area contributed by atoms with E-state index in [-0.39, 0.29) is 17.2 Å². The van der Waals surface area contributed by atoms with E-state index in [1.165, 1.54) is 37.4 Å². The molecule has 0 atom stereocenters. The van der Waals surface area contributed by atoms with Gasteiger partial charge < -0.3 is 0 Å². The molecular formula is C12H9F3N2O. The molecule has 18 heavy (non-hydrogen) atoms. The molecule has 0 saturated heterocycles. The minimum atomic E-state index is -4.49. The monoisotopic (exact) mass is 254 g/mol. The fourth-order valence-electron chi connectivity index (χ4n) is 1.66. The highest BCUT2D eigenvalue weighted by Gasteiger charge is 2.34. The second kappa shape index (κ2) is 4.29. The van der Waals surface area contributed by atoms with Crippen molar-refractivity contribution in [3.63, 3.8) is 0 Å². The third-order valence-corrected chi connectivity index (χ3v) is 2.44. The van der Waals surface area contributed by atoms with Crippen LogP contribution in [0.4, 0.5) is 13.2 Å². The predicted octanol–water partition coefficient (Wildman–Crippen LogP) is 3.09. The van der Waals surface area contributed by atoms with Gasteiger partial charge in [-0.2, -0.15) is 18.3 Å². The number of rotatable bonds is 2. The molecule has 2 aromatic rings. The van der Waals surface area contributed by atoms with Gasteiger partial charge in [0.15, 0.2) is 5.78 Å². The quantitative estimate of drug-likeness (QED) is 0.772.